The Kier molecular flexibility index (Phi) is 4.59. The standard InChI is InChI=1S/C23H19ClF2N2O4/c24-16-5-3-15(4-6-16)23(25,26)19(29)9-2-13-1-7-17-14(11-13)12-28(22(17)32)18-8-10-20(30)27-21(18)31/h1,3-7,11,18H,2,8-10,12H2,(H,27,30,31)/i2D,8D2/hD. The van der Waals surface area contributed by atoms with Gasteiger partial charge in [-0.25, -0.2) is 0 Å². The van der Waals surface area contributed by atoms with Gasteiger partial charge in [-0.05, 0) is 42.1 Å². The van der Waals surface area contributed by atoms with Gasteiger partial charge in [0.1, 0.15) is 6.04 Å². The number of piperidine rings is 1. The second-order valence-electron chi connectivity index (χ2n) is 7.39. The average Bonchev–Trinajstić information content (AvgIpc) is 3.12. The maximum Gasteiger partial charge on any atom is 0.330 e. The van der Waals surface area contributed by atoms with Crippen molar-refractivity contribution in [2.75, 3.05) is 0 Å². The monoisotopic (exact) mass is 464 g/mol. The van der Waals surface area contributed by atoms with Crippen LogP contribution < -0.4 is 5.31 Å². The summed E-state index contributed by atoms with van der Waals surface area (Å²) in [7, 11) is 0. The molecule has 0 radical (unpaired) electrons. The van der Waals surface area contributed by atoms with E-state index in [0.29, 0.717) is 5.56 Å². The molecular formula is C23H19ClF2N2O4. The fourth-order valence-corrected chi connectivity index (χ4v) is 3.72. The maximum atomic E-state index is 14.6. The first-order valence-corrected chi connectivity index (χ1v) is 10.0. The molecule has 0 saturated carbocycles. The lowest BCUT2D eigenvalue weighted by Crippen LogP contribution is -2.52. The zero-order valence-corrected chi connectivity index (χ0v) is 17.2. The van der Waals surface area contributed by atoms with Crippen molar-refractivity contribution in [2.45, 2.75) is 44.1 Å². The summed E-state index contributed by atoms with van der Waals surface area (Å²) in [6.07, 6.45) is -5.35. The SMILES string of the molecule is [2H]C(CC(=O)C(F)(F)c1ccc(Cl)cc1)c1ccc2c(c1)CN(C1C(=O)N([2H])C(=O)CC1([2H])[2H])C2=O. The Labute approximate surface area is 193 Å². The van der Waals surface area contributed by atoms with Gasteiger partial charge in [-0.2, -0.15) is 8.78 Å². The van der Waals surface area contributed by atoms with Gasteiger partial charge in [0.25, 0.3) is 5.91 Å². The Morgan fingerprint density at radius 1 is 1.25 bits per heavy atom. The summed E-state index contributed by atoms with van der Waals surface area (Å²) < 4.78 is 61.3. The third-order valence-electron chi connectivity index (χ3n) is 5.27. The predicted octanol–water partition coefficient (Wildman–Crippen LogP) is 3.39. The Morgan fingerprint density at radius 2 is 1.97 bits per heavy atom. The summed E-state index contributed by atoms with van der Waals surface area (Å²) >= 11 is 5.71. The Hall–Kier alpha value is -3.13. The number of benzene rings is 2. The Morgan fingerprint density at radius 3 is 2.69 bits per heavy atom. The number of halogens is 3. The zero-order chi connectivity index (χ0) is 26.6. The first kappa shape index (κ1) is 17.4. The van der Waals surface area contributed by atoms with Crippen LogP contribution in [-0.2, 0) is 33.2 Å². The molecule has 6 nitrogen and oxygen atoms in total. The van der Waals surface area contributed by atoms with Crippen molar-refractivity contribution in [3.8, 4) is 0 Å². The topological polar surface area (TPSA) is 83.6 Å². The predicted molar refractivity (Wildman–Crippen MR) is 111 cm³/mol. The highest BCUT2D eigenvalue weighted by Gasteiger charge is 2.41. The van der Waals surface area contributed by atoms with Crippen LogP contribution in [0.25, 0.3) is 0 Å². The molecule has 0 spiro atoms. The average molecular weight is 465 g/mol. The van der Waals surface area contributed by atoms with Gasteiger partial charge < -0.3 is 4.90 Å². The minimum atomic E-state index is -3.83. The van der Waals surface area contributed by atoms with Gasteiger partial charge in [0.05, 0.1) is 0 Å². The van der Waals surface area contributed by atoms with Crippen LogP contribution in [0.3, 0.4) is 0 Å². The minimum absolute atomic E-state index is 0.0417. The number of Topliss-reactive ketones (excluding diaryl/α,β-unsaturated/α-hetero) is 1. The fraction of sp³-hybridized carbons (Fsp3) is 0.304. The van der Waals surface area contributed by atoms with Crippen LogP contribution >= 0.6 is 11.6 Å². The van der Waals surface area contributed by atoms with E-state index in [1.54, 1.807) is 0 Å². The molecule has 1 fully saturated rings. The van der Waals surface area contributed by atoms with E-state index in [-0.39, 0.29) is 28.0 Å². The number of amides is 3. The summed E-state index contributed by atoms with van der Waals surface area (Å²) in [5.74, 6) is -8.20. The highest BCUT2D eigenvalue weighted by atomic mass is 35.5. The summed E-state index contributed by atoms with van der Waals surface area (Å²) in [5.41, 5.74) is 0.0519. The third-order valence-corrected chi connectivity index (χ3v) is 5.52. The molecule has 1 N–H and O–H groups in total. The molecule has 0 aromatic heterocycles. The van der Waals surface area contributed by atoms with E-state index < -0.39 is 66.6 Å². The minimum Gasteiger partial charge on any atom is -0.322 e. The molecule has 2 unspecified atom stereocenters. The number of hydrogen-bond donors (Lipinski definition) is 1. The van der Waals surface area contributed by atoms with Crippen LogP contribution in [-0.4, -0.2) is 34.4 Å². The van der Waals surface area contributed by atoms with Crippen molar-refractivity contribution in [3.63, 3.8) is 0 Å². The molecule has 0 aliphatic carbocycles. The number of carbonyl (C=O) groups is 4. The molecule has 2 aromatic carbocycles. The van der Waals surface area contributed by atoms with Crippen molar-refractivity contribution >= 4 is 35.1 Å². The van der Waals surface area contributed by atoms with E-state index in [0.717, 1.165) is 17.0 Å². The zero-order valence-electron chi connectivity index (χ0n) is 20.5. The molecule has 2 aliphatic rings. The Balaban J connectivity index is 1.53. The van der Waals surface area contributed by atoms with Crippen LogP contribution in [0.4, 0.5) is 8.78 Å². The van der Waals surface area contributed by atoms with Gasteiger partial charge in [0.2, 0.25) is 17.6 Å². The molecule has 0 bridgehead atoms. The molecule has 2 aromatic rings. The molecule has 1 saturated heterocycles. The van der Waals surface area contributed by atoms with Crippen LogP contribution in [0.2, 0.25) is 6.43 Å². The largest absolute Gasteiger partial charge is 0.330 e. The smallest absolute Gasteiger partial charge is 0.322 e. The molecule has 2 heterocycles. The number of nitrogens with zero attached hydrogens (tertiary/aromatic N) is 1. The number of nitrogens with one attached hydrogen (secondary N) is 1. The van der Waals surface area contributed by atoms with Gasteiger partial charge in [0, 0.05) is 39.6 Å². The number of aryl methyl sites for hydroxylation is 1. The van der Waals surface area contributed by atoms with Crippen molar-refractivity contribution in [3.05, 3.63) is 69.7 Å². The summed E-state index contributed by atoms with van der Waals surface area (Å²) in [5, 5.41) is 0.270. The molecule has 2 aliphatic heterocycles. The maximum absolute atomic E-state index is 14.6. The van der Waals surface area contributed by atoms with Crippen LogP contribution in [0.1, 0.15) is 50.4 Å². The van der Waals surface area contributed by atoms with E-state index in [9.17, 15) is 28.0 Å². The summed E-state index contributed by atoms with van der Waals surface area (Å²) in [6.45, 7) is -0.248. The van der Waals surface area contributed by atoms with Gasteiger partial charge >= 0.3 is 5.92 Å². The quantitative estimate of drug-likeness (QED) is 0.664. The lowest BCUT2D eigenvalue weighted by molar-refractivity contribution is -0.144. The van der Waals surface area contributed by atoms with E-state index in [1.807, 2.05) is 0 Å². The first-order valence-electron chi connectivity index (χ1n) is 11.7. The number of rotatable bonds is 6. The highest BCUT2D eigenvalue weighted by Crippen LogP contribution is 2.32. The number of ketones is 1. The molecule has 166 valence electrons. The van der Waals surface area contributed by atoms with Gasteiger partial charge in [-0.3, -0.25) is 24.5 Å². The van der Waals surface area contributed by atoms with Gasteiger partial charge in [0.15, 0.2) is 1.41 Å². The van der Waals surface area contributed by atoms with Crippen molar-refractivity contribution in [1.29, 1.82) is 0 Å². The second-order valence-corrected chi connectivity index (χ2v) is 7.83. The molecule has 3 amide bonds. The third kappa shape index (κ3) is 4.14. The number of fused-ring (bicyclic) bond motifs is 1. The molecule has 4 rings (SSSR count). The normalized spacial score (nSPS) is 23.2. The van der Waals surface area contributed by atoms with Crippen LogP contribution in [0.15, 0.2) is 42.5 Å². The van der Waals surface area contributed by atoms with Crippen molar-refractivity contribution in [2.24, 2.45) is 0 Å². The summed E-state index contributed by atoms with van der Waals surface area (Å²) in [4.78, 5) is 50.4. The lowest BCUT2D eigenvalue weighted by atomic mass is 9.97. The molecule has 2 atom stereocenters. The number of hydrogen-bond acceptors (Lipinski definition) is 4. The second kappa shape index (κ2) is 8.43. The van der Waals surface area contributed by atoms with Gasteiger partial charge in [-0.1, -0.05) is 35.9 Å². The molecule has 9 heteroatoms. The van der Waals surface area contributed by atoms with E-state index in [4.69, 9.17) is 17.1 Å². The van der Waals surface area contributed by atoms with Crippen molar-refractivity contribution < 1.29 is 33.5 Å². The van der Waals surface area contributed by atoms with Crippen LogP contribution in [0.5, 0.6) is 0 Å². The van der Waals surface area contributed by atoms with Crippen LogP contribution in [0, 0.1) is 0 Å². The van der Waals surface area contributed by atoms with Crippen molar-refractivity contribution in [1.82, 2.24) is 10.2 Å². The number of carbonyl (C=O) groups excluding carboxylic acids is 4. The van der Waals surface area contributed by atoms with E-state index >= 15 is 0 Å². The highest BCUT2D eigenvalue weighted by molar-refractivity contribution is 6.30. The Bertz CT molecular complexity index is 1280. The van der Waals surface area contributed by atoms with E-state index in [2.05, 4.69) is 0 Å². The molecule has 32 heavy (non-hydrogen) atoms. The fourth-order valence-electron chi connectivity index (χ4n) is 3.60. The van der Waals surface area contributed by atoms with Gasteiger partial charge in [-0.15, -0.1) is 0 Å². The number of alkyl halides is 2. The van der Waals surface area contributed by atoms with E-state index in [1.165, 1.54) is 30.3 Å². The lowest BCUT2D eigenvalue weighted by Gasteiger charge is -2.29. The summed E-state index contributed by atoms with van der Waals surface area (Å²) in [6, 6.07) is 6.86. The number of imide groups is 1. The first-order chi connectivity index (χ1) is 16.7. The molecular weight excluding hydrogens is 442 g/mol.